The second-order valence-electron chi connectivity index (χ2n) is 4.66. The van der Waals surface area contributed by atoms with Crippen LogP contribution in [0.25, 0.3) is 0 Å². The molecule has 7 nitrogen and oxygen atoms in total. The lowest BCUT2D eigenvalue weighted by Crippen LogP contribution is -2.39. The Kier molecular flexibility index (Phi) is 4.39. The van der Waals surface area contributed by atoms with Crippen LogP contribution in [0.15, 0.2) is 18.9 Å². The van der Waals surface area contributed by atoms with Gasteiger partial charge in [0, 0.05) is 24.6 Å². The maximum atomic E-state index is 11.8. The number of nitrogens with one attached hydrogen (secondary N) is 1. The summed E-state index contributed by atoms with van der Waals surface area (Å²) in [5.41, 5.74) is 0.732. The molecule has 108 valence electrons. The first-order chi connectivity index (χ1) is 9.63. The van der Waals surface area contributed by atoms with Crippen LogP contribution in [-0.4, -0.2) is 52.0 Å². The topological polar surface area (TPSA) is 95.5 Å². The third-order valence-electron chi connectivity index (χ3n) is 3.33. The van der Waals surface area contributed by atoms with Crippen molar-refractivity contribution in [1.29, 1.82) is 0 Å². The fraction of sp³-hybridized carbons (Fsp3) is 0.462. The van der Waals surface area contributed by atoms with Gasteiger partial charge in [0.1, 0.15) is 12.3 Å². The zero-order chi connectivity index (χ0) is 14.5. The first-order valence-corrected chi connectivity index (χ1v) is 6.42. The molecule has 0 radical (unpaired) electrons. The molecule has 1 fully saturated rings. The molecule has 2 N–H and O–H groups in total. The number of amides is 1. The van der Waals surface area contributed by atoms with E-state index in [0.29, 0.717) is 18.7 Å². The number of ether oxygens (including phenoxy) is 1. The number of nitrogens with zero attached hydrogens (tertiary/aromatic N) is 2. The van der Waals surface area contributed by atoms with Crippen molar-refractivity contribution in [3.05, 3.63) is 30.1 Å². The molecule has 1 aromatic heterocycles. The number of aromatic carboxylic acids is 1. The van der Waals surface area contributed by atoms with E-state index in [0.717, 1.165) is 12.8 Å². The number of likely N-dealkylation sites (tertiary alicyclic amines) is 1. The molecule has 7 heteroatoms. The van der Waals surface area contributed by atoms with Gasteiger partial charge in [-0.25, -0.2) is 9.59 Å². The summed E-state index contributed by atoms with van der Waals surface area (Å²) in [6, 6.07) is 0. The highest BCUT2D eigenvalue weighted by molar-refractivity contribution is 5.87. The lowest BCUT2D eigenvalue weighted by molar-refractivity contribution is 0.0687. The number of rotatable bonds is 4. The Morgan fingerprint density at radius 2 is 2.45 bits per heavy atom. The molecule has 1 saturated heterocycles. The summed E-state index contributed by atoms with van der Waals surface area (Å²) in [5.74, 6) is -1.08. The maximum absolute atomic E-state index is 11.8. The minimum atomic E-state index is -1.04. The molecule has 0 bridgehead atoms. The summed E-state index contributed by atoms with van der Waals surface area (Å²) in [6.07, 6.45) is 4.27. The Hall–Kier alpha value is -2.31. The predicted molar refractivity (Wildman–Crippen MR) is 70.6 cm³/mol. The van der Waals surface area contributed by atoms with Gasteiger partial charge >= 0.3 is 12.1 Å². The van der Waals surface area contributed by atoms with Crippen LogP contribution < -0.4 is 0 Å². The minimum absolute atomic E-state index is 0.0371. The van der Waals surface area contributed by atoms with Crippen molar-refractivity contribution in [2.75, 3.05) is 19.7 Å². The monoisotopic (exact) mass is 279 g/mol. The van der Waals surface area contributed by atoms with E-state index in [4.69, 9.17) is 9.84 Å². The van der Waals surface area contributed by atoms with Gasteiger partial charge in [-0.2, -0.15) is 5.10 Å². The number of carboxylic acids is 1. The minimum Gasteiger partial charge on any atom is -0.477 e. The molecule has 0 saturated carbocycles. The van der Waals surface area contributed by atoms with Gasteiger partial charge in [0.2, 0.25) is 0 Å². The molecular weight excluding hydrogens is 262 g/mol. The summed E-state index contributed by atoms with van der Waals surface area (Å²) in [4.78, 5) is 24.5. The SMILES string of the molecule is C=CCOC(=O)N1CCCC(c2cn[nH]c2C(=O)O)C1. The summed E-state index contributed by atoms with van der Waals surface area (Å²) < 4.78 is 5.00. The Balaban J connectivity index is 2.06. The quantitative estimate of drug-likeness (QED) is 0.816. The number of hydrogen-bond donors (Lipinski definition) is 2. The largest absolute Gasteiger partial charge is 0.477 e. The Labute approximate surface area is 116 Å². The van der Waals surface area contributed by atoms with Crippen LogP contribution in [0.4, 0.5) is 4.79 Å². The van der Waals surface area contributed by atoms with Gasteiger partial charge in [-0.1, -0.05) is 12.7 Å². The molecular formula is C13H17N3O4. The van der Waals surface area contributed by atoms with E-state index in [-0.39, 0.29) is 18.2 Å². The molecule has 0 aliphatic carbocycles. The van der Waals surface area contributed by atoms with E-state index in [9.17, 15) is 9.59 Å². The van der Waals surface area contributed by atoms with Crippen molar-refractivity contribution in [3.8, 4) is 0 Å². The van der Waals surface area contributed by atoms with Gasteiger partial charge in [-0.3, -0.25) is 5.10 Å². The number of aromatic amines is 1. The highest BCUT2D eigenvalue weighted by Gasteiger charge is 2.29. The van der Waals surface area contributed by atoms with Crippen LogP contribution in [-0.2, 0) is 4.74 Å². The third kappa shape index (κ3) is 2.98. The van der Waals surface area contributed by atoms with Gasteiger partial charge in [0.25, 0.3) is 0 Å². The average molecular weight is 279 g/mol. The normalized spacial score (nSPS) is 18.6. The van der Waals surface area contributed by atoms with Gasteiger partial charge in [0.05, 0.1) is 6.20 Å². The van der Waals surface area contributed by atoms with E-state index < -0.39 is 12.1 Å². The molecule has 1 amide bonds. The highest BCUT2D eigenvalue weighted by atomic mass is 16.6. The highest BCUT2D eigenvalue weighted by Crippen LogP contribution is 2.28. The fourth-order valence-electron chi connectivity index (χ4n) is 2.39. The molecule has 0 aromatic carbocycles. The van der Waals surface area contributed by atoms with Crippen molar-refractivity contribution < 1.29 is 19.4 Å². The molecule has 1 aromatic rings. The molecule has 0 spiro atoms. The molecule has 1 aliphatic heterocycles. The van der Waals surface area contributed by atoms with Crippen molar-refractivity contribution in [2.45, 2.75) is 18.8 Å². The van der Waals surface area contributed by atoms with Gasteiger partial charge in [-0.05, 0) is 12.8 Å². The number of carbonyl (C=O) groups excluding carboxylic acids is 1. The lowest BCUT2D eigenvalue weighted by atomic mass is 9.91. The summed E-state index contributed by atoms with van der Waals surface area (Å²) in [6.45, 7) is 4.72. The first kappa shape index (κ1) is 14.1. The second kappa shape index (κ2) is 6.23. The molecule has 2 heterocycles. The molecule has 1 unspecified atom stereocenters. The number of carbonyl (C=O) groups is 2. The second-order valence-corrected chi connectivity index (χ2v) is 4.66. The van der Waals surface area contributed by atoms with Gasteiger partial charge in [-0.15, -0.1) is 0 Å². The summed E-state index contributed by atoms with van der Waals surface area (Å²) >= 11 is 0. The van der Waals surface area contributed by atoms with Gasteiger partial charge < -0.3 is 14.7 Å². The van der Waals surface area contributed by atoms with Crippen LogP contribution in [0, 0.1) is 0 Å². The van der Waals surface area contributed by atoms with Crippen molar-refractivity contribution in [1.82, 2.24) is 15.1 Å². The van der Waals surface area contributed by atoms with Crippen LogP contribution in [0.1, 0.15) is 34.8 Å². The summed E-state index contributed by atoms with van der Waals surface area (Å²) in [7, 11) is 0. The first-order valence-electron chi connectivity index (χ1n) is 6.42. The van der Waals surface area contributed by atoms with Crippen LogP contribution in [0.3, 0.4) is 0 Å². The molecule has 1 aliphatic rings. The van der Waals surface area contributed by atoms with Crippen LogP contribution in [0.2, 0.25) is 0 Å². The van der Waals surface area contributed by atoms with E-state index in [2.05, 4.69) is 16.8 Å². The standard InChI is InChI=1S/C13H17N3O4/c1-2-6-20-13(19)16-5-3-4-9(8-16)10-7-14-15-11(10)12(17)18/h2,7,9H,1,3-6,8H2,(H,14,15)(H,17,18). The smallest absolute Gasteiger partial charge is 0.410 e. The molecule has 1 atom stereocenters. The van der Waals surface area contributed by atoms with Crippen LogP contribution >= 0.6 is 0 Å². The van der Waals surface area contributed by atoms with E-state index >= 15 is 0 Å². The Morgan fingerprint density at radius 1 is 1.65 bits per heavy atom. The Bertz CT molecular complexity index is 511. The van der Waals surface area contributed by atoms with Crippen molar-refractivity contribution in [3.63, 3.8) is 0 Å². The van der Waals surface area contributed by atoms with Gasteiger partial charge in [0.15, 0.2) is 0 Å². The van der Waals surface area contributed by atoms with Crippen molar-refractivity contribution >= 4 is 12.1 Å². The number of hydrogen-bond acceptors (Lipinski definition) is 4. The predicted octanol–water partition coefficient (Wildman–Crippen LogP) is 1.61. The molecule has 2 rings (SSSR count). The number of piperidine rings is 1. The number of carboxylic acid groups (broad SMARTS) is 1. The Morgan fingerprint density at radius 3 is 3.15 bits per heavy atom. The fourth-order valence-corrected chi connectivity index (χ4v) is 2.39. The van der Waals surface area contributed by atoms with Crippen molar-refractivity contribution in [2.24, 2.45) is 0 Å². The van der Waals surface area contributed by atoms with E-state index in [1.54, 1.807) is 4.90 Å². The maximum Gasteiger partial charge on any atom is 0.410 e. The lowest BCUT2D eigenvalue weighted by Gasteiger charge is -2.31. The summed E-state index contributed by atoms with van der Waals surface area (Å²) in [5, 5.41) is 15.4. The number of aromatic nitrogens is 2. The zero-order valence-electron chi connectivity index (χ0n) is 11.0. The number of H-pyrrole nitrogens is 1. The molecule has 20 heavy (non-hydrogen) atoms. The van der Waals surface area contributed by atoms with E-state index in [1.165, 1.54) is 12.3 Å². The zero-order valence-corrected chi connectivity index (χ0v) is 11.0. The average Bonchev–Trinajstić information content (AvgIpc) is 2.94. The third-order valence-corrected chi connectivity index (χ3v) is 3.33. The van der Waals surface area contributed by atoms with Crippen LogP contribution in [0.5, 0.6) is 0 Å². The van der Waals surface area contributed by atoms with E-state index in [1.807, 2.05) is 0 Å².